The molecule has 0 radical (unpaired) electrons. The first-order chi connectivity index (χ1) is 11.7. The van der Waals surface area contributed by atoms with E-state index in [-0.39, 0.29) is 19.1 Å². The van der Waals surface area contributed by atoms with Crippen molar-refractivity contribution in [2.45, 2.75) is 13.1 Å². The molecular weight excluding hydrogens is 308 g/mol. The summed E-state index contributed by atoms with van der Waals surface area (Å²) >= 11 is 0. The summed E-state index contributed by atoms with van der Waals surface area (Å²) in [4.78, 5) is 23.6. The lowest BCUT2D eigenvalue weighted by atomic mass is 10.2. The molecule has 0 aliphatic heterocycles. The maximum absolute atomic E-state index is 11.8. The Labute approximate surface area is 138 Å². The number of ether oxygens (including phenoxy) is 1. The first-order valence-corrected chi connectivity index (χ1v) is 7.47. The number of carbonyl (C=O) groups excluding carboxylic acids is 2. The summed E-state index contributed by atoms with van der Waals surface area (Å²) < 4.78 is 6.42. The van der Waals surface area contributed by atoms with Gasteiger partial charge in [-0.3, -0.25) is 9.59 Å². The van der Waals surface area contributed by atoms with Gasteiger partial charge in [0.15, 0.2) is 6.61 Å². The van der Waals surface area contributed by atoms with E-state index in [0.717, 1.165) is 11.1 Å². The summed E-state index contributed by atoms with van der Waals surface area (Å²) in [6.07, 6.45) is 0. The van der Waals surface area contributed by atoms with E-state index in [4.69, 9.17) is 4.74 Å². The van der Waals surface area contributed by atoms with E-state index in [1.807, 2.05) is 48.5 Å². The van der Waals surface area contributed by atoms with E-state index >= 15 is 0 Å². The van der Waals surface area contributed by atoms with Crippen molar-refractivity contribution in [3.63, 3.8) is 0 Å². The van der Waals surface area contributed by atoms with Crippen LogP contribution in [0.2, 0.25) is 0 Å². The van der Waals surface area contributed by atoms with Crippen LogP contribution < -0.4 is 5.32 Å². The van der Waals surface area contributed by atoms with Crippen molar-refractivity contribution >= 4 is 22.9 Å². The van der Waals surface area contributed by atoms with Crippen LogP contribution in [0.3, 0.4) is 0 Å². The smallest absolute Gasteiger partial charge is 0.328 e. The summed E-state index contributed by atoms with van der Waals surface area (Å²) in [6, 6.07) is 16.8. The molecule has 1 amide bonds. The van der Waals surface area contributed by atoms with E-state index in [2.05, 4.69) is 15.6 Å². The van der Waals surface area contributed by atoms with Gasteiger partial charge < -0.3 is 10.1 Å². The normalized spacial score (nSPS) is 10.5. The summed E-state index contributed by atoms with van der Waals surface area (Å²) in [5.41, 5.74) is 2.42. The molecule has 1 aromatic heterocycles. The average Bonchev–Trinajstić information content (AvgIpc) is 3.02. The van der Waals surface area contributed by atoms with Gasteiger partial charge in [0.05, 0.1) is 5.52 Å². The Kier molecular flexibility index (Phi) is 4.81. The summed E-state index contributed by atoms with van der Waals surface area (Å²) in [6.45, 7) is -0.0181. The molecule has 0 spiro atoms. The Bertz CT molecular complexity index is 845. The first kappa shape index (κ1) is 15.7. The fraction of sp³-hybridized carbons (Fsp3) is 0.176. The summed E-state index contributed by atoms with van der Waals surface area (Å²) in [7, 11) is 0. The van der Waals surface area contributed by atoms with Gasteiger partial charge in [0.25, 0.3) is 5.91 Å². The minimum absolute atomic E-state index is 0.0908. The number of aromatic nitrogens is 3. The third-order valence-corrected chi connectivity index (χ3v) is 3.40. The molecule has 24 heavy (non-hydrogen) atoms. The van der Waals surface area contributed by atoms with E-state index in [9.17, 15) is 9.59 Å². The monoisotopic (exact) mass is 324 g/mol. The lowest BCUT2D eigenvalue weighted by Gasteiger charge is -2.07. The number of esters is 1. The van der Waals surface area contributed by atoms with Gasteiger partial charge in [0.2, 0.25) is 0 Å². The predicted octanol–water partition coefficient (Wildman–Crippen LogP) is 1.29. The molecule has 2 aromatic carbocycles. The number of carbonyl (C=O) groups is 2. The number of para-hydroxylation sites is 1. The highest BCUT2D eigenvalue weighted by atomic mass is 16.5. The largest absolute Gasteiger partial charge is 0.454 e. The van der Waals surface area contributed by atoms with Crippen LogP contribution in [0.15, 0.2) is 54.6 Å². The Hall–Kier alpha value is -3.22. The van der Waals surface area contributed by atoms with E-state index in [1.165, 1.54) is 4.68 Å². The van der Waals surface area contributed by atoms with Crippen molar-refractivity contribution in [3.05, 3.63) is 60.2 Å². The Morgan fingerprint density at radius 3 is 2.62 bits per heavy atom. The van der Waals surface area contributed by atoms with Gasteiger partial charge in [-0.1, -0.05) is 47.7 Å². The number of amides is 1. The fourth-order valence-corrected chi connectivity index (χ4v) is 2.20. The quantitative estimate of drug-likeness (QED) is 0.691. The molecule has 0 bridgehead atoms. The minimum atomic E-state index is -0.541. The Morgan fingerprint density at radius 2 is 1.79 bits per heavy atom. The van der Waals surface area contributed by atoms with Crippen molar-refractivity contribution < 1.29 is 14.3 Å². The molecule has 0 saturated carbocycles. The highest BCUT2D eigenvalue weighted by Gasteiger charge is 2.11. The zero-order valence-corrected chi connectivity index (χ0v) is 12.9. The number of rotatable bonds is 6. The molecule has 1 N–H and O–H groups in total. The molecule has 7 heteroatoms. The summed E-state index contributed by atoms with van der Waals surface area (Å²) in [5.74, 6) is -0.892. The van der Waals surface area contributed by atoms with Gasteiger partial charge >= 0.3 is 5.97 Å². The molecule has 1 heterocycles. The molecule has 0 unspecified atom stereocenters. The topological polar surface area (TPSA) is 86.1 Å². The van der Waals surface area contributed by atoms with Gasteiger partial charge in [-0.25, -0.2) is 4.68 Å². The molecule has 0 fully saturated rings. The van der Waals surface area contributed by atoms with Crippen molar-refractivity contribution in [1.29, 1.82) is 0 Å². The average molecular weight is 324 g/mol. The molecule has 122 valence electrons. The summed E-state index contributed by atoms with van der Waals surface area (Å²) in [5, 5.41) is 10.6. The SMILES string of the molecule is O=C(COC(=O)Cn1nnc2ccccc21)NCc1ccccc1. The van der Waals surface area contributed by atoms with Crippen LogP contribution in [0.5, 0.6) is 0 Å². The second-order valence-electron chi connectivity index (χ2n) is 5.16. The molecule has 3 aromatic rings. The molecule has 0 aliphatic rings. The zero-order chi connectivity index (χ0) is 16.8. The number of benzene rings is 2. The maximum atomic E-state index is 11.8. The van der Waals surface area contributed by atoms with E-state index in [1.54, 1.807) is 6.07 Å². The Morgan fingerprint density at radius 1 is 1.04 bits per heavy atom. The van der Waals surface area contributed by atoms with Crippen molar-refractivity contribution in [3.8, 4) is 0 Å². The molecule has 0 aliphatic carbocycles. The van der Waals surface area contributed by atoms with Crippen LogP contribution in [0.1, 0.15) is 5.56 Å². The predicted molar refractivity (Wildman–Crippen MR) is 86.8 cm³/mol. The lowest BCUT2D eigenvalue weighted by molar-refractivity contribution is -0.149. The van der Waals surface area contributed by atoms with Crippen molar-refractivity contribution in [2.24, 2.45) is 0 Å². The van der Waals surface area contributed by atoms with Crippen molar-refractivity contribution in [2.75, 3.05) is 6.61 Å². The third-order valence-electron chi connectivity index (χ3n) is 3.40. The standard InChI is InChI=1S/C17H16N4O3/c22-16(18-10-13-6-2-1-3-7-13)12-24-17(23)11-21-15-9-5-4-8-14(15)19-20-21/h1-9H,10-12H2,(H,18,22). The zero-order valence-electron chi connectivity index (χ0n) is 12.9. The van der Waals surface area contributed by atoms with Gasteiger partial charge in [-0.05, 0) is 17.7 Å². The molecule has 3 rings (SSSR count). The number of hydrogen-bond donors (Lipinski definition) is 1. The van der Waals surface area contributed by atoms with Gasteiger partial charge in [0, 0.05) is 6.54 Å². The number of nitrogens with zero attached hydrogens (tertiary/aromatic N) is 3. The van der Waals surface area contributed by atoms with Gasteiger partial charge in [-0.15, -0.1) is 5.10 Å². The van der Waals surface area contributed by atoms with Gasteiger partial charge in [0.1, 0.15) is 12.1 Å². The minimum Gasteiger partial charge on any atom is -0.454 e. The molecule has 0 atom stereocenters. The maximum Gasteiger partial charge on any atom is 0.328 e. The highest BCUT2D eigenvalue weighted by Crippen LogP contribution is 2.09. The van der Waals surface area contributed by atoms with Crippen LogP contribution in [0.4, 0.5) is 0 Å². The third kappa shape index (κ3) is 3.95. The van der Waals surface area contributed by atoms with Gasteiger partial charge in [-0.2, -0.15) is 0 Å². The number of fused-ring (bicyclic) bond motifs is 1. The van der Waals surface area contributed by atoms with E-state index < -0.39 is 5.97 Å². The number of nitrogens with one attached hydrogen (secondary N) is 1. The van der Waals surface area contributed by atoms with Crippen LogP contribution >= 0.6 is 0 Å². The second-order valence-corrected chi connectivity index (χ2v) is 5.16. The number of hydrogen-bond acceptors (Lipinski definition) is 5. The Balaban J connectivity index is 1.46. The van der Waals surface area contributed by atoms with Crippen LogP contribution in [0, 0.1) is 0 Å². The van der Waals surface area contributed by atoms with Crippen molar-refractivity contribution in [1.82, 2.24) is 20.3 Å². The highest BCUT2D eigenvalue weighted by molar-refractivity contribution is 5.81. The molecule has 7 nitrogen and oxygen atoms in total. The van der Waals surface area contributed by atoms with Crippen LogP contribution in [0.25, 0.3) is 11.0 Å². The molecule has 0 saturated heterocycles. The first-order valence-electron chi connectivity index (χ1n) is 7.47. The fourth-order valence-electron chi connectivity index (χ4n) is 2.20. The van der Waals surface area contributed by atoms with E-state index in [0.29, 0.717) is 12.1 Å². The lowest BCUT2D eigenvalue weighted by Crippen LogP contribution is -2.29. The second kappa shape index (κ2) is 7.36. The van der Waals surface area contributed by atoms with Crippen LogP contribution in [-0.4, -0.2) is 33.5 Å². The van der Waals surface area contributed by atoms with Crippen LogP contribution in [-0.2, 0) is 27.4 Å². The molecular formula is C17H16N4O3.